The van der Waals surface area contributed by atoms with E-state index in [1.54, 1.807) is 21.1 Å². The Morgan fingerprint density at radius 3 is 1.67 bits per heavy atom. The van der Waals surface area contributed by atoms with Gasteiger partial charge in [0.25, 0.3) is 0 Å². The molecule has 0 heterocycles. The Morgan fingerprint density at radius 1 is 1.33 bits per heavy atom. The molecule has 0 unspecified atom stereocenters. The van der Waals surface area contributed by atoms with Crippen molar-refractivity contribution in [2.75, 3.05) is 34.4 Å². The van der Waals surface area contributed by atoms with E-state index in [0.29, 0.717) is 0 Å². The fourth-order valence-corrected chi connectivity index (χ4v) is 0.877. The normalized spacial score (nSPS) is 13.1. The van der Waals surface area contributed by atoms with Crippen LogP contribution in [0.5, 0.6) is 0 Å². The highest BCUT2D eigenvalue weighted by atomic mass is 16.4. The van der Waals surface area contributed by atoms with Crippen LogP contribution in [0.25, 0.3) is 0 Å². The summed E-state index contributed by atoms with van der Waals surface area (Å²) in [5, 5.41) is 28.5. The van der Waals surface area contributed by atoms with Crippen LogP contribution >= 0.6 is 0 Å². The van der Waals surface area contributed by atoms with E-state index < -0.39 is 24.7 Å². The fourth-order valence-electron chi connectivity index (χ4n) is 0.877. The van der Waals surface area contributed by atoms with E-state index in [9.17, 15) is 9.90 Å². The molecule has 0 aliphatic heterocycles. The van der Waals surface area contributed by atoms with Crippen LogP contribution in [0.15, 0.2) is 0 Å². The molecule has 0 bridgehead atoms. The van der Waals surface area contributed by atoms with Crippen LogP contribution in [0.1, 0.15) is 0 Å². The second-order valence-electron chi connectivity index (χ2n) is 3.65. The lowest BCUT2D eigenvalue weighted by Crippen LogP contribution is -2.70. The first-order valence-electron chi connectivity index (χ1n) is 3.56. The van der Waals surface area contributed by atoms with Crippen LogP contribution in [-0.4, -0.2) is 60.6 Å². The Morgan fingerprint density at radius 2 is 1.67 bits per heavy atom. The summed E-state index contributed by atoms with van der Waals surface area (Å²) in [6, 6.07) is 0. The number of hydrogen-bond acceptors (Lipinski definition) is 4. The Bertz CT molecular complexity index is 169. The molecule has 2 N–H and O–H groups in total. The second-order valence-corrected chi connectivity index (χ2v) is 3.65. The van der Waals surface area contributed by atoms with Gasteiger partial charge in [-0.25, -0.2) is 0 Å². The van der Waals surface area contributed by atoms with E-state index >= 15 is 0 Å². The molecule has 0 aliphatic carbocycles. The zero-order chi connectivity index (χ0) is 9.99. The highest BCUT2D eigenvalue weighted by Gasteiger charge is 2.43. The summed E-state index contributed by atoms with van der Waals surface area (Å²) in [7, 11) is 4.72. The van der Waals surface area contributed by atoms with Gasteiger partial charge in [0, 0.05) is 0 Å². The zero-order valence-corrected chi connectivity index (χ0v) is 7.57. The molecule has 0 rings (SSSR count). The highest BCUT2D eigenvalue weighted by molar-refractivity contribution is 5.75. The number of rotatable bonds is 4. The maximum absolute atomic E-state index is 10.7. The van der Waals surface area contributed by atoms with Crippen LogP contribution in [0.2, 0.25) is 0 Å². The van der Waals surface area contributed by atoms with Gasteiger partial charge in [-0.1, -0.05) is 0 Å². The van der Waals surface area contributed by atoms with Crippen molar-refractivity contribution in [1.82, 2.24) is 0 Å². The Hall–Kier alpha value is -0.650. The van der Waals surface area contributed by atoms with E-state index in [4.69, 9.17) is 10.2 Å². The topological polar surface area (TPSA) is 80.6 Å². The number of aliphatic hydroxyl groups excluding tert-OH is 2. The number of quaternary nitrogens is 1. The summed E-state index contributed by atoms with van der Waals surface area (Å²) in [6.45, 7) is -1.29. The minimum Gasteiger partial charge on any atom is -0.544 e. The average Bonchev–Trinajstić information content (AvgIpc) is 1.87. The number of aliphatic carboxylic acids is 1. The molecular weight excluding hydrogens is 162 g/mol. The van der Waals surface area contributed by atoms with Gasteiger partial charge in [0.2, 0.25) is 0 Å². The molecule has 0 spiro atoms. The van der Waals surface area contributed by atoms with E-state index in [2.05, 4.69) is 0 Å². The van der Waals surface area contributed by atoms with Gasteiger partial charge in [0.15, 0.2) is 5.54 Å². The molecule has 0 aromatic carbocycles. The molecule has 0 amide bonds. The Kier molecular flexibility index (Phi) is 3.20. The first-order chi connectivity index (χ1) is 5.31. The summed E-state index contributed by atoms with van der Waals surface area (Å²) in [6.07, 6.45) is 0. The molecule has 0 atom stereocenters. The summed E-state index contributed by atoms with van der Waals surface area (Å²) in [4.78, 5) is 10.7. The van der Waals surface area contributed by atoms with Crippen LogP contribution in [0.3, 0.4) is 0 Å². The molecule has 5 nitrogen and oxygen atoms in total. The summed E-state index contributed by atoms with van der Waals surface area (Å²) < 4.78 is -0.0810. The molecular formula is C7H15NO4. The molecule has 0 fully saturated rings. The number of hydrogen-bond donors (Lipinski definition) is 2. The van der Waals surface area contributed by atoms with Crippen molar-refractivity contribution in [2.24, 2.45) is 0 Å². The van der Waals surface area contributed by atoms with Gasteiger partial charge in [-0.2, -0.15) is 0 Å². The van der Waals surface area contributed by atoms with Gasteiger partial charge >= 0.3 is 0 Å². The van der Waals surface area contributed by atoms with E-state index in [0.717, 1.165) is 0 Å². The first-order valence-corrected chi connectivity index (χ1v) is 3.56. The van der Waals surface area contributed by atoms with Crippen LogP contribution in [0, 0.1) is 0 Å². The van der Waals surface area contributed by atoms with Crippen molar-refractivity contribution in [3.8, 4) is 0 Å². The lowest BCUT2D eigenvalue weighted by Gasteiger charge is -2.44. The Labute approximate surface area is 71.4 Å². The van der Waals surface area contributed by atoms with Gasteiger partial charge in [0.05, 0.1) is 21.1 Å². The lowest BCUT2D eigenvalue weighted by molar-refractivity contribution is -0.917. The molecule has 0 aromatic rings. The van der Waals surface area contributed by atoms with E-state index in [-0.39, 0.29) is 4.48 Å². The van der Waals surface area contributed by atoms with E-state index in [1.165, 1.54) is 0 Å². The number of carboxylic acid groups (broad SMARTS) is 1. The predicted molar refractivity (Wildman–Crippen MR) is 39.9 cm³/mol. The highest BCUT2D eigenvalue weighted by Crippen LogP contribution is 2.16. The predicted octanol–water partition coefficient (Wildman–Crippen LogP) is -2.83. The van der Waals surface area contributed by atoms with Gasteiger partial charge in [-0.15, -0.1) is 0 Å². The maximum atomic E-state index is 10.7. The standard InChI is InChI=1S/C7H15NO4/c1-8(2,3)7(4-9,5-10)6(11)12/h9-10H,4-5H2,1-3H3. The van der Waals surface area contributed by atoms with Crippen molar-refractivity contribution in [1.29, 1.82) is 0 Å². The largest absolute Gasteiger partial charge is 0.544 e. The van der Waals surface area contributed by atoms with Crippen molar-refractivity contribution in [3.63, 3.8) is 0 Å². The number of likely N-dealkylation sites (N-methyl/N-ethyl adjacent to an activating group) is 1. The maximum Gasteiger partial charge on any atom is 0.185 e. The zero-order valence-electron chi connectivity index (χ0n) is 7.57. The number of carboxylic acids is 1. The van der Waals surface area contributed by atoms with Crippen LogP contribution in [-0.2, 0) is 4.79 Å². The Balaban J connectivity index is 4.97. The molecule has 0 saturated heterocycles. The minimum absolute atomic E-state index is 0.0810. The van der Waals surface area contributed by atoms with Crippen molar-refractivity contribution in [3.05, 3.63) is 0 Å². The summed E-state index contributed by atoms with van der Waals surface area (Å²) in [5.74, 6) is -1.44. The molecule has 0 aromatic heterocycles. The lowest BCUT2D eigenvalue weighted by atomic mass is 9.98. The monoisotopic (exact) mass is 177 g/mol. The molecule has 0 aliphatic rings. The molecule has 0 radical (unpaired) electrons. The molecule has 5 heteroatoms. The quantitative estimate of drug-likeness (QED) is 0.453. The summed E-state index contributed by atoms with van der Waals surface area (Å²) >= 11 is 0. The average molecular weight is 177 g/mol. The van der Waals surface area contributed by atoms with Crippen molar-refractivity contribution in [2.45, 2.75) is 5.54 Å². The number of carbonyl (C=O) groups excluding carboxylic acids is 1. The van der Waals surface area contributed by atoms with E-state index in [1.807, 2.05) is 0 Å². The third-order valence-electron chi connectivity index (χ3n) is 2.19. The minimum atomic E-state index is -1.62. The molecule has 12 heavy (non-hydrogen) atoms. The SMILES string of the molecule is C[N+](C)(C)C(CO)(CO)C(=O)[O-]. The van der Waals surface area contributed by atoms with Gasteiger partial charge in [0.1, 0.15) is 19.2 Å². The first kappa shape index (κ1) is 11.4. The van der Waals surface area contributed by atoms with Gasteiger partial charge < -0.3 is 24.6 Å². The molecule has 0 saturated carbocycles. The third-order valence-corrected chi connectivity index (χ3v) is 2.19. The molecule has 72 valence electrons. The smallest absolute Gasteiger partial charge is 0.185 e. The van der Waals surface area contributed by atoms with Gasteiger partial charge in [-0.05, 0) is 0 Å². The summed E-state index contributed by atoms with van der Waals surface area (Å²) in [5.41, 5.74) is -1.62. The second kappa shape index (κ2) is 3.38. The van der Waals surface area contributed by atoms with Crippen LogP contribution in [0.4, 0.5) is 0 Å². The number of nitrogens with zero attached hydrogens (tertiary/aromatic N) is 1. The third kappa shape index (κ3) is 1.57. The van der Waals surface area contributed by atoms with Crippen LogP contribution < -0.4 is 5.11 Å². The van der Waals surface area contributed by atoms with Gasteiger partial charge in [-0.3, -0.25) is 0 Å². The number of aliphatic hydroxyl groups is 2. The fraction of sp³-hybridized carbons (Fsp3) is 0.857. The number of carbonyl (C=O) groups is 1. The van der Waals surface area contributed by atoms with Crippen molar-refractivity contribution >= 4 is 5.97 Å². The van der Waals surface area contributed by atoms with Crippen molar-refractivity contribution < 1.29 is 24.6 Å².